The van der Waals surface area contributed by atoms with Gasteiger partial charge in [0.15, 0.2) is 0 Å². The predicted molar refractivity (Wildman–Crippen MR) is 92.8 cm³/mol. The van der Waals surface area contributed by atoms with Gasteiger partial charge in [0.05, 0.1) is 17.3 Å². The van der Waals surface area contributed by atoms with Crippen molar-refractivity contribution in [1.82, 2.24) is 0 Å². The van der Waals surface area contributed by atoms with Crippen LogP contribution in [0.15, 0.2) is 0 Å². The molecule has 0 heterocycles. The fourth-order valence-corrected chi connectivity index (χ4v) is 2.20. The van der Waals surface area contributed by atoms with E-state index in [1.807, 2.05) is 34.6 Å². The van der Waals surface area contributed by atoms with E-state index in [1.165, 1.54) is 0 Å². The van der Waals surface area contributed by atoms with Gasteiger partial charge in [-0.05, 0) is 60.3 Å². The van der Waals surface area contributed by atoms with Crippen LogP contribution in [-0.4, -0.2) is 35.6 Å². The van der Waals surface area contributed by atoms with E-state index in [0.717, 1.165) is 19.3 Å². The highest BCUT2D eigenvalue weighted by atomic mass is 16.5. The first-order valence-corrected chi connectivity index (χ1v) is 8.36. The quantitative estimate of drug-likeness (QED) is 0.683. The Morgan fingerprint density at radius 3 is 2.18 bits per heavy atom. The average Bonchev–Trinajstić information content (AvgIpc) is 2.36. The summed E-state index contributed by atoms with van der Waals surface area (Å²) in [7, 11) is 1.74. The van der Waals surface area contributed by atoms with Crippen molar-refractivity contribution in [3.05, 3.63) is 0 Å². The van der Waals surface area contributed by atoms with Crippen LogP contribution >= 0.6 is 0 Å². The highest BCUT2D eigenvalue weighted by molar-refractivity contribution is 5.06. The van der Waals surface area contributed by atoms with Crippen LogP contribution in [0.3, 0.4) is 0 Å². The molecule has 0 bridgehead atoms. The third kappa shape index (κ3) is 11.1. The second kappa shape index (κ2) is 9.55. The van der Waals surface area contributed by atoms with Gasteiger partial charge >= 0.3 is 0 Å². The van der Waals surface area contributed by atoms with Gasteiger partial charge in [0, 0.05) is 13.5 Å². The van der Waals surface area contributed by atoms with Gasteiger partial charge in [-0.25, -0.2) is 0 Å². The largest absolute Gasteiger partial charge is 0.380 e. The topological polar surface area (TPSA) is 38.7 Å². The molecule has 3 atom stereocenters. The zero-order chi connectivity index (χ0) is 17.4. The monoisotopic (exact) mass is 312 g/mol. The Hall–Kier alpha value is -0.560. The molecule has 0 saturated heterocycles. The molecule has 3 heteroatoms. The summed E-state index contributed by atoms with van der Waals surface area (Å²) in [5, 5.41) is 10.1. The summed E-state index contributed by atoms with van der Waals surface area (Å²) in [6.45, 7) is 14.4. The van der Waals surface area contributed by atoms with Gasteiger partial charge in [0.2, 0.25) is 0 Å². The van der Waals surface area contributed by atoms with Gasteiger partial charge in [0.25, 0.3) is 0 Å². The average molecular weight is 312 g/mol. The maximum absolute atomic E-state index is 10.1. The van der Waals surface area contributed by atoms with Crippen molar-refractivity contribution >= 4 is 0 Å². The Bertz CT molecular complexity index is 357. The highest BCUT2D eigenvalue weighted by Crippen LogP contribution is 2.20. The number of aliphatic hydroxyl groups excluding tert-OH is 1. The summed E-state index contributed by atoms with van der Waals surface area (Å²) in [6.07, 6.45) is 3.15. The van der Waals surface area contributed by atoms with Gasteiger partial charge in [-0.2, -0.15) is 0 Å². The number of hydrogen-bond acceptors (Lipinski definition) is 3. The first kappa shape index (κ1) is 21.4. The van der Waals surface area contributed by atoms with E-state index in [-0.39, 0.29) is 23.2 Å². The van der Waals surface area contributed by atoms with Crippen molar-refractivity contribution in [2.75, 3.05) is 7.11 Å². The van der Waals surface area contributed by atoms with Crippen molar-refractivity contribution in [3.63, 3.8) is 0 Å². The molecule has 0 aromatic rings. The van der Waals surface area contributed by atoms with E-state index in [4.69, 9.17) is 9.47 Å². The molecular formula is C19H36O3. The lowest BCUT2D eigenvalue weighted by Crippen LogP contribution is -2.25. The Kier molecular flexibility index (Phi) is 9.31. The molecule has 0 aliphatic rings. The van der Waals surface area contributed by atoms with Crippen molar-refractivity contribution in [2.24, 2.45) is 5.92 Å². The van der Waals surface area contributed by atoms with E-state index in [9.17, 15) is 5.11 Å². The zero-order valence-corrected chi connectivity index (χ0v) is 15.8. The predicted octanol–water partition coefficient (Wildman–Crippen LogP) is 4.18. The molecule has 130 valence electrons. The van der Waals surface area contributed by atoms with Crippen LogP contribution in [-0.2, 0) is 9.47 Å². The third-order valence-corrected chi connectivity index (χ3v) is 3.72. The van der Waals surface area contributed by atoms with Gasteiger partial charge in [-0.1, -0.05) is 25.2 Å². The van der Waals surface area contributed by atoms with Crippen molar-refractivity contribution < 1.29 is 14.6 Å². The van der Waals surface area contributed by atoms with Crippen molar-refractivity contribution in [2.45, 2.75) is 97.6 Å². The highest BCUT2D eigenvalue weighted by Gasteiger charge is 2.18. The van der Waals surface area contributed by atoms with Gasteiger partial charge in [0.1, 0.15) is 6.10 Å². The third-order valence-electron chi connectivity index (χ3n) is 3.72. The first-order chi connectivity index (χ1) is 9.97. The minimum atomic E-state index is -0.563. The minimum absolute atomic E-state index is 0.0810. The van der Waals surface area contributed by atoms with Gasteiger partial charge < -0.3 is 14.6 Å². The molecule has 0 fully saturated rings. The normalized spacial score (nSPS) is 16.6. The molecule has 0 amide bonds. The number of methoxy groups -OCH3 is 1. The summed E-state index contributed by atoms with van der Waals surface area (Å²) in [5.41, 5.74) is -0.239. The van der Waals surface area contributed by atoms with Crippen molar-refractivity contribution in [3.8, 4) is 11.8 Å². The molecule has 0 aromatic carbocycles. The molecule has 0 saturated carbocycles. The molecule has 0 aliphatic heterocycles. The van der Waals surface area contributed by atoms with Crippen LogP contribution in [0.25, 0.3) is 0 Å². The Balaban J connectivity index is 4.11. The van der Waals surface area contributed by atoms with Crippen LogP contribution in [0.5, 0.6) is 0 Å². The number of hydrogen-bond donors (Lipinski definition) is 1. The maximum atomic E-state index is 10.1. The smallest absolute Gasteiger partial charge is 0.117 e. The summed E-state index contributed by atoms with van der Waals surface area (Å²) in [6, 6.07) is 0. The van der Waals surface area contributed by atoms with Crippen molar-refractivity contribution in [1.29, 1.82) is 0 Å². The second-order valence-electron chi connectivity index (χ2n) is 7.84. The Labute approximate surface area is 137 Å². The van der Waals surface area contributed by atoms with E-state index in [0.29, 0.717) is 6.42 Å². The molecule has 3 nitrogen and oxygen atoms in total. The first-order valence-electron chi connectivity index (χ1n) is 8.36. The standard InChI is InChI=1S/C19H36O3/c1-15(11-10-14-19(6,7)21-8)17(20)13-9-12-16(2)22-18(3,4)5/h15-17,20H,10-12,14H2,1-8H3/t15-,16+,17-/m0/s1. The van der Waals surface area contributed by atoms with Crippen LogP contribution in [0.4, 0.5) is 0 Å². The molecule has 1 N–H and O–H groups in total. The number of aliphatic hydroxyl groups is 1. The second-order valence-corrected chi connectivity index (χ2v) is 7.84. The number of rotatable bonds is 8. The molecule has 0 spiro atoms. The molecular weight excluding hydrogens is 276 g/mol. The molecule has 0 rings (SSSR count). The SMILES string of the molecule is COC(C)(C)CCC[C@H](C)[C@@H](O)C#CC[C@@H](C)OC(C)(C)C. The lowest BCUT2D eigenvalue weighted by atomic mass is 9.93. The van der Waals surface area contributed by atoms with E-state index in [2.05, 4.69) is 25.7 Å². The zero-order valence-electron chi connectivity index (χ0n) is 15.8. The van der Waals surface area contributed by atoms with E-state index < -0.39 is 6.10 Å². The fraction of sp³-hybridized carbons (Fsp3) is 0.895. The molecule has 0 unspecified atom stereocenters. The lowest BCUT2D eigenvalue weighted by molar-refractivity contribution is -0.0485. The number of ether oxygens (including phenoxy) is 2. The molecule has 0 radical (unpaired) electrons. The van der Waals surface area contributed by atoms with Gasteiger partial charge in [-0.15, -0.1) is 0 Å². The van der Waals surface area contributed by atoms with E-state index >= 15 is 0 Å². The minimum Gasteiger partial charge on any atom is -0.380 e. The summed E-state index contributed by atoms with van der Waals surface area (Å²) in [4.78, 5) is 0. The molecule has 22 heavy (non-hydrogen) atoms. The van der Waals surface area contributed by atoms with Crippen LogP contribution < -0.4 is 0 Å². The summed E-state index contributed by atoms with van der Waals surface area (Å²) < 4.78 is 11.2. The summed E-state index contributed by atoms with van der Waals surface area (Å²) >= 11 is 0. The molecule has 0 aromatic heterocycles. The fourth-order valence-electron chi connectivity index (χ4n) is 2.20. The molecule has 0 aliphatic carbocycles. The lowest BCUT2D eigenvalue weighted by Gasteiger charge is -2.24. The Morgan fingerprint density at radius 2 is 1.68 bits per heavy atom. The van der Waals surface area contributed by atoms with E-state index in [1.54, 1.807) is 7.11 Å². The summed E-state index contributed by atoms with van der Waals surface area (Å²) in [5.74, 6) is 6.19. The van der Waals surface area contributed by atoms with Crippen LogP contribution in [0.1, 0.15) is 74.1 Å². The Morgan fingerprint density at radius 1 is 1.09 bits per heavy atom. The maximum Gasteiger partial charge on any atom is 0.117 e. The van der Waals surface area contributed by atoms with Gasteiger partial charge in [-0.3, -0.25) is 0 Å². The van der Waals surface area contributed by atoms with Crippen LogP contribution in [0, 0.1) is 17.8 Å². The van der Waals surface area contributed by atoms with Crippen LogP contribution in [0.2, 0.25) is 0 Å².